The number of halogens is 1. The lowest BCUT2D eigenvalue weighted by Gasteiger charge is -2.01. The molecule has 8 heteroatoms. The van der Waals surface area contributed by atoms with Gasteiger partial charge in [-0.1, -0.05) is 11.6 Å². The van der Waals surface area contributed by atoms with Gasteiger partial charge in [-0.25, -0.2) is 4.79 Å². The average molecular weight is 413 g/mol. The molecule has 0 bridgehead atoms. The van der Waals surface area contributed by atoms with E-state index in [1.165, 1.54) is 0 Å². The molecule has 0 radical (unpaired) electrons. The third kappa shape index (κ3) is 3.95. The fourth-order valence-corrected chi connectivity index (χ4v) is 2.99. The lowest BCUT2D eigenvalue weighted by atomic mass is 10.1. The van der Waals surface area contributed by atoms with Crippen molar-refractivity contribution in [3.8, 4) is 17.2 Å². The molecule has 0 unspecified atom stereocenters. The highest BCUT2D eigenvalue weighted by molar-refractivity contribution is 6.30. The van der Waals surface area contributed by atoms with Crippen molar-refractivity contribution in [3.05, 3.63) is 64.7 Å². The summed E-state index contributed by atoms with van der Waals surface area (Å²) in [5.74, 6) is 0.727. The van der Waals surface area contributed by atoms with Crippen molar-refractivity contribution in [1.29, 1.82) is 0 Å². The maximum atomic E-state index is 12.5. The summed E-state index contributed by atoms with van der Waals surface area (Å²) in [5, 5.41) is 9.27. The summed E-state index contributed by atoms with van der Waals surface area (Å²) in [6.07, 6.45) is 0. The van der Waals surface area contributed by atoms with Crippen molar-refractivity contribution in [2.45, 2.75) is 20.5 Å². The summed E-state index contributed by atoms with van der Waals surface area (Å²) in [7, 11) is 0. The Morgan fingerprint density at radius 2 is 1.90 bits per heavy atom. The topological polar surface area (TPSA) is 87.6 Å². The molecule has 0 aliphatic heterocycles. The lowest BCUT2D eigenvalue weighted by Crippen LogP contribution is -2.05. The van der Waals surface area contributed by atoms with Crippen LogP contribution < -0.4 is 4.74 Å². The second-order valence-corrected chi connectivity index (χ2v) is 6.67. The van der Waals surface area contributed by atoms with Crippen molar-refractivity contribution in [2.75, 3.05) is 6.61 Å². The van der Waals surface area contributed by atoms with Gasteiger partial charge in [0.1, 0.15) is 11.3 Å². The molecule has 0 amide bonds. The highest BCUT2D eigenvalue weighted by Gasteiger charge is 2.20. The van der Waals surface area contributed by atoms with Gasteiger partial charge in [0.15, 0.2) is 6.61 Å². The number of hydrogen-bond donors (Lipinski definition) is 0. The van der Waals surface area contributed by atoms with Gasteiger partial charge in [-0.3, -0.25) is 0 Å². The van der Waals surface area contributed by atoms with Crippen molar-refractivity contribution >= 4 is 28.5 Å². The van der Waals surface area contributed by atoms with Crippen LogP contribution in [0.2, 0.25) is 5.02 Å². The van der Waals surface area contributed by atoms with Gasteiger partial charge in [-0.15, -0.1) is 10.2 Å². The number of aromatic nitrogens is 2. The van der Waals surface area contributed by atoms with Gasteiger partial charge in [0.25, 0.3) is 5.89 Å². The molecule has 0 fully saturated rings. The minimum Gasteiger partial charge on any atom is -0.494 e. The molecule has 0 atom stereocenters. The van der Waals surface area contributed by atoms with Crippen LogP contribution >= 0.6 is 11.6 Å². The van der Waals surface area contributed by atoms with Crippen molar-refractivity contribution in [2.24, 2.45) is 0 Å². The third-order valence-corrected chi connectivity index (χ3v) is 4.54. The number of ether oxygens (including phenoxy) is 2. The minimum absolute atomic E-state index is 0.131. The van der Waals surface area contributed by atoms with Crippen LogP contribution in [-0.4, -0.2) is 22.8 Å². The molecule has 4 aromatic rings. The van der Waals surface area contributed by atoms with E-state index in [1.807, 2.05) is 13.0 Å². The standard InChI is InChI=1S/C21H17ClN2O5/c1-3-26-15-8-9-17-16(10-15)12(2)19(28-17)21(25)27-11-18-23-24-20(29-18)13-4-6-14(22)7-5-13/h4-10H,3,11H2,1-2H3. The highest BCUT2D eigenvalue weighted by Crippen LogP contribution is 2.29. The monoisotopic (exact) mass is 412 g/mol. The number of carbonyl (C=O) groups excluding carboxylic acids is 1. The molecular formula is C21H17ClN2O5. The Hall–Kier alpha value is -3.32. The van der Waals surface area contributed by atoms with Gasteiger partial charge in [0.2, 0.25) is 11.7 Å². The first kappa shape index (κ1) is 19.0. The van der Waals surface area contributed by atoms with E-state index in [0.717, 1.165) is 10.9 Å². The smallest absolute Gasteiger partial charge is 0.375 e. The number of rotatable bonds is 6. The van der Waals surface area contributed by atoms with Gasteiger partial charge >= 0.3 is 5.97 Å². The van der Waals surface area contributed by atoms with Crippen LogP contribution in [0.1, 0.15) is 28.9 Å². The Morgan fingerprint density at radius 1 is 1.10 bits per heavy atom. The van der Waals surface area contributed by atoms with Crippen molar-refractivity contribution < 1.29 is 23.1 Å². The first-order valence-electron chi connectivity index (χ1n) is 8.96. The molecule has 148 valence electrons. The Bertz CT molecular complexity index is 1160. The number of hydrogen-bond acceptors (Lipinski definition) is 7. The summed E-state index contributed by atoms with van der Waals surface area (Å²) in [5.41, 5.74) is 1.98. The van der Waals surface area contributed by atoms with Crippen LogP contribution in [0.4, 0.5) is 0 Å². The Morgan fingerprint density at radius 3 is 2.66 bits per heavy atom. The van der Waals surface area contributed by atoms with E-state index >= 15 is 0 Å². The van der Waals surface area contributed by atoms with E-state index in [0.29, 0.717) is 34.4 Å². The normalized spacial score (nSPS) is 11.0. The van der Waals surface area contributed by atoms with Gasteiger partial charge < -0.3 is 18.3 Å². The zero-order chi connectivity index (χ0) is 20.4. The Balaban J connectivity index is 1.47. The first-order valence-corrected chi connectivity index (χ1v) is 9.34. The van der Waals surface area contributed by atoms with E-state index in [4.69, 9.17) is 29.9 Å². The van der Waals surface area contributed by atoms with Gasteiger partial charge in [-0.05, 0) is 56.3 Å². The summed E-state index contributed by atoms with van der Waals surface area (Å²) >= 11 is 5.87. The Kier molecular flexibility index (Phi) is 5.22. The molecular weight excluding hydrogens is 396 g/mol. The molecule has 0 saturated carbocycles. The van der Waals surface area contributed by atoms with E-state index in [1.54, 1.807) is 43.3 Å². The predicted molar refractivity (Wildman–Crippen MR) is 106 cm³/mol. The van der Waals surface area contributed by atoms with Crippen LogP contribution in [0, 0.1) is 6.92 Å². The average Bonchev–Trinajstić information content (AvgIpc) is 3.32. The number of carbonyl (C=O) groups is 1. The summed E-state index contributed by atoms with van der Waals surface area (Å²) in [4.78, 5) is 12.5. The zero-order valence-corrected chi connectivity index (χ0v) is 16.5. The largest absolute Gasteiger partial charge is 0.494 e. The fraction of sp³-hybridized carbons (Fsp3) is 0.190. The molecule has 2 aromatic carbocycles. The molecule has 0 N–H and O–H groups in total. The maximum Gasteiger partial charge on any atom is 0.375 e. The Labute approximate surface area is 171 Å². The number of furan rings is 1. The molecule has 4 rings (SSSR count). The number of aryl methyl sites for hydroxylation is 1. The van der Waals surface area contributed by atoms with E-state index in [2.05, 4.69) is 10.2 Å². The molecule has 7 nitrogen and oxygen atoms in total. The third-order valence-electron chi connectivity index (χ3n) is 4.29. The number of fused-ring (bicyclic) bond motifs is 1. The van der Waals surface area contributed by atoms with Crippen LogP contribution in [0.25, 0.3) is 22.4 Å². The number of benzene rings is 2. The number of esters is 1. The predicted octanol–water partition coefficient (Wildman–Crippen LogP) is 5.20. The summed E-state index contributed by atoms with van der Waals surface area (Å²) < 4.78 is 22.0. The van der Waals surface area contributed by atoms with E-state index < -0.39 is 5.97 Å². The summed E-state index contributed by atoms with van der Waals surface area (Å²) in [6, 6.07) is 12.4. The van der Waals surface area contributed by atoms with Gasteiger partial charge in [0.05, 0.1) is 6.61 Å². The maximum absolute atomic E-state index is 12.5. The molecule has 2 aromatic heterocycles. The van der Waals surface area contributed by atoms with E-state index in [-0.39, 0.29) is 18.3 Å². The summed E-state index contributed by atoms with van der Waals surface area (Å²) in [6.45, 7) is 4.09. The number of nitrogens with zero attached hydrogens (tertiary/aromatic N) is 2. The zero-order valence-electron chi connectivity index (χ0n) is 15.8. The first-order chi connectivity index (χ1) is 14.0. The van der Waals surface area contributed by atoms with Crippen LogP contribution in [0.3, 0.4) is 0 Å². The van der Waals surface area contributed by atoms with Crippen LogP contribution in [-0.2, 0) is 11.3 Å². The quantitative estimate of drug-likeness (QED) is 0.402. The van der Waals surface area contributed by atoms with Crippen molar-refractivity contribution in [3.63, 3.8) is 0 Å². The molecule has 0 aliphatic carbocycles. The molecule has 2 heterocycles. The second-order valence-electron chi connectivity index (χ2n) is 6.23. The van der Waals surface area contributed by atoms with Crippen molar-refractivity contribution in [1.82, 2.24) is 10.2 Å². The molecule has 29 heavy (non-hydrogen) atoms. The second kappa shape index (κ2) is 7.97. The molecule has 0 aliphatic rings. The minimum atomic E-state index is -0.608. The molecule has 0 saturated heterocycles. The van der Waals surface area contributed by atoms with Gasteiger partial charge in [0, 0.05) is 21.5 Å². The van der Waals surface area contributed by atoms with Gasteiger partial charge in [-0.2, -0.15) is 0 Å². The fourth-order valence-electron chi connectivity index (χ4n) is 2.87. The van der Waals surface area contributed by atoms with E-state index in [9.17, 15) is 4.79 Å². The van der Waals surface area contributed by atoms with Crippen LogP contribution in [0.5, 0.6) is 5.75 Å². The SMILES string of the molecule is CCOc1ccc2oc(C(=O)OCc3nnc(-c4ccc(Cl)cc4)o3)c(C)c2c1. The van der Waals surface area contributed by atoms with Crippen LogP contribution in [0.15, 0.2) is 51.3 Å². The highest BCUT2D eigenvalue weighted by atomic mass is 35.5. The lowest BCUT2D eigenvalue weighted by molar-refractivity contribution is 0.0404. The molecule has 0 spiro atoms.